The van der Waals surface area contributed by atoms with Gasteiger partial charge in [-0.15, -0.1) is 0 Å². The molecule has 0 aliphatic heterocycles. The minimum atomic E-state index is -0.150. The maximum Gasteiger partial charge on any atom is 0.231 e. The third-order valence-corrected chi connectivity index (χ3v) is 3.85. The van der Waals surface area contributed by atoms with Crippen molar-refractivity contribution in [2.24, 2.45) is 0 Å². The normalized spacial score (nSPS) is 11.5. The van der Waals surface area contributed by atoms with Gasteiger partial charge in [-0.3, -0.25) is 4.79 Å². The molecule has 0 saturated heterocycles. The van der Waals surface area contributed by atoms with Gasteiger partial charge in [0.1, 0.15) is 5.58 Å². The van der Waals surface area contributed by atoms with Gasteiger partial charge in [0.25, 0.3) is 0 Å². The Balaban J connectivity index is 2.23. The Morgan fingerprint density at radius 1 is 0.905 bits per heavy atom. The molecule has 0 aliphatic carbocycles. The molecule has 0 atom stereocenters. The summed E-state index contributed by atoms with van der Waals surface area (Å²) in [6.07, 6.45) is 0. The number of aromatic nitrogens is 1. The van der Waals surface area contributed by atoms with Crippen molar-refractivity contribution in [3.05, 3.63) is 62.7 Å². The standard InChI is InChI=1S/C16H7Cl2NO2/c17-9-1-3-13-8(5-9)6-12-15(20)11-7-10(18)2-4-14(11)21-16(12)19-13/h1-7H. The zero-order valence-electron chi connectivity index (χ0n) is 10.6. The fourth-order valence-corrected chi connectivity index (χ4v) is 2.74. The SMILES string of the molecule is O=c1c2cc(Cl)ccc2oc2nc3ccc(Cl)cc3cc12. The van der Waals surface area contributed by atoms with E-state index >= 15 is 0 Å². The van der Waals surface area contributed by atoms with E-state index in [0.717, 1.165) is 10.9 Å². The highest BCUT2D eigenvalue weighted by Crippen LogP contribution is 2.24. The largest absolute Gasteiger partial charge is 0.437 e. The van der Waals surface area contributed by atoms with E-state index in [1.165, 1.54) is 0 Å². The molecule has 0 fully saturated rings. The quantitative estimate of drug-likeness (QED) is 0.438. The van der Waals surface area contributed by atoms with Crippen LogP contribution >= 0.6 is 23.2 Å². The van der Waals surface area contributed by atoms with Crippen molar-refractivity contribution in [2.75, 3.05) is 0 Å². The molecule has 0 unspecified atom stereocenters. The summed E-state index contributed by atoms with van der Waals surface area (Å²) in [6, 6.07) is 12.0. The number of hydrogen-bond acceptors (Lipinski definition) is 3. The molecule has 102 valence electrons. The number of hydrogen-bond donors (Lipinski definition) is 0. The van der Waals surface area contributed by atoms with Gasteiger partial charge in [-0.2, -0.15) is 0 Å². The Kier molecular flexibility index (Phi) is 2.67. The third-order valence-electron chi connectivity index (χ3n) is 3.38. The predicted octanol–water partition coefficient (Wildman–Crippen LogP) is 4.80. The highest BCUT2D eigenvalue weighted by Gasteiger charge is 2.10. The van der Waals surface area contributed by atoms with Crippen LogP contribution in [0.3, 0.4) is 0 Å². The number of nitrogens with zero attached hydrogens (tertiary/aromatic N) is 1. The number of benzene rings is 2. The molecule has 0 radical (unpaired) electrons. The Labute approximate surface area is 128 Å². The maximum absolute atomic E-state index is 12.6. The lowest BCUT2D eigenvalue weighted by Gasteiger charge is -2.03. The Hall–Kier alpha value is -2.10. The van der Waals surface area contributed by atoms with Gasteiger partial charge in [-0.1, -0.05) is 23.2 Å². The number of rotatable bonds is 0. The van der Waals surface area contributed by atoms with Gasteiger partial charge >= 0.3 is 0 Å². The van der Waals surface area contributed by atoms with Crippen LogP contribution in [0, 0.1) is 0 Å². The maximum atomic E-state index is 12.6. The summed E-state index contributed by atoms with van der Waals surface area (Å²) in [4.78, 5) is 17.0. The first-order valence-corrected chi connectivity index (χ1v) is 7.00. The Morgan fingerprint density at radius 2 is 1.67 bits per heavy atom. The molecule has 0 aliphatic rings. The molecule has 4 rings (SSSR count). The summed E-state index contributed by atoms with van der Waals surface area (Å²) in [5.41, 5.74) is 1.36. The van der Waals surface area contributed by atoms with Crippen molar-refractivity contribution in [3.8, 4) is 0 Å². The first kappa shape index (κ1) is 12.6. The molecule has 21 heavy (non-hydrogen) atoms. The van der Waals surface area contributed by atoms with Crippen LogP contribution in [0.4, 0.5) is 0 Å². The fraction of sp³-hybridized carbons (Fsp3) is 0. The van der Waals surface area contributed by atoms with E-state index in [4.69, 9.17) is 27.6 Å². The van der Waals surface area contributed by atoms with E-state index in [9.17, 15) is 4.79 Å². The van der Waals surface area contributed by atoms with E-state index in [1.54, 1.807) is 42.5 Å². The molecule has 3 nitrogen and oxygen atoms in total. The van der Waals surface area contributed by atoms with Crippen LogP contribution in [0.5, 0.6) is 0 Å². The zero-order valence-corrected chi connectivity index (χ0v) is 12.1. The molecular formula is C16H7Cl2NO2. The van der Waals surface area contributed by atoms with Crippen molar-refractivity contribution in [1.29, 1.82) is 0 Å². The molecule has 2 aromatic heterocycles. The molecule has 5 heteroatoms. The van der Waals surface area contributed by atoms with Crippen molar-refractivity contribution >= 4 is 56.2 Å². The Morgan fingerprint density at radius 3 is 2.52 bits per heavy atom. The average molecular weight is 316 g/mol. The molecule has 0 spiro atoms. The molecule has 2 heterocycles. The second kappa shape index (κ2) is 4.45. The summed E-state index contributed by atoms with van der Waals surface area (Å²) in [5, 5.41) is 2.74. The minimum Gasteiger partial charge on any atom is -0.437 e. The summed E-state index contributed by atoms with van der Waals surface area (Å²) in [6.45, 7) is 0. The number of fused-ring (bicyclic) bond motifs is 3. The lowest BCUT2D eigenvalue weighted by Crippen LogP contribution is -2.03. The predicted molar refractivity (Wildman–Crippen MR) is 85.3 cm³/mol. The molecule has 4 aromatic rings. The van der Waals surface area contributed by atoms with Crippen LogP contribution in [0.1, 0.15) is 0 Å². The van der Waals surface area contributed by atoms with Crippen LogP contribution in [0.2, 0.25) is 10.0 Å². The van der Waals surface area contributed by atoms with Crippen LogP contribution in [-0.4, -0.2) is 4.98 Å². The number of pyridine rings is 1. The third kappa shape index (κ3) is 1.97. The fourth-order valence-electron chi connectivity index (χ4n) is 2.39. The second-order valence-electron chi connectivity index (χ2n) is 4.75. The molecule has 2 aromatic carbocycles. The lowest BCUT2D eigenvalue weighted by atomic mass is 10.1. The van der Waals surface area contributed by atoms with Gasteiger partial charge in [0.15, 0.2) is 0 Å². The summed E-state index contributed by atoms with van der Waals surface area (Å²) in [7, 11) is 0. The number of halogens is 2. The summed E-state index contributed by atoms with van der Waals surface area (Å²) in [5.74, 6) is 0. The molecule has 0 bridgehead atoms. The highest BCUT2D eigenvalue weighted by molar-refractivity contribution is 6.31. The van der Waals surface area contributed by atoms with Crippen LogP contribution in [-0.2, 0) is 0 Å². The lowest BCUT2D eigenvalue weighted by molar-refractivity contribution is 0.647. The first-order valence-electron chi connectivity index (χ1n) is 6.24. The summed E-state index contributed by atoms with van der Waals surface area (Å²) >= 11 is 11.9. The minimum absolute atomic E-state index is 0.150. The topological polar surface area (TPSA) is 43.1 Å². The van der Waals surface area contributed by atoms with E-state index < -0.39 is 0 Å². The first-order chi connectivity index (χ1) is 10.1. The van der Waals surface area contributed by atoms with Crippen LogP contribution < -0.4 is 5.43 Å². The van der Waals surface area contributed by atoms with E-state index in [0.29, 0.717) is 32.1 Å². The monoisotopic (exact) mass is 315 g/mol. The van der Waals surface area contributed by atoms with Gasteiger partial charge in [0.05, 0.1) is 16.3 Å². The summed E-state index contributed by atoms with van der Waals surface area (Å²) < 4.78 is 5.72. The van der Waals surface area contributed by atoms with E-state index in [-0.39, 0.29) is 5.43 Å². The van der Waals surface area contributed by atoms with Gasteiger partial charge < -0.3 is 4.42 Å². The van der Waals surface area contributed by atoms with Crippen molar-refractivity contribution in [1.82, 2.24) is 4.98 Å². The van der Waals surface area contributed by atoms with Crippen LogP contribution in [0.15, 0.2) is 51.7 Å². The Bertz CT molecular complexity index is 1080. The van der Waals surface area contributed by atoms with Crippen molar-refractivity contribution < 1.29 is 4.42 Å². The van der Waals surface area contributed by atoms with E-state index in [2.05, 4.69) is 4.98 Å². The highest BCUT2D eigenvalue weighted by atomic mass is 35.5. The smallest absolute Gasteiger partial charge is 0.231 e. The van der Waals surface area contributed by atoms with Crippen molar-refractivity contribution in [3.63, 3.8) is 0 Å². The zero-order chi connectivity index (χ0) is 14.6. The molecular weight excluding hydrogens is 309 g/mol. The van der Waals surface area contributed by atoms with Crippen molar-refractivity contribution in [2.45, 2.75) is 0 Å². The average Bonchev–Trinajstić information content (AvgIpc) is 2.47. The molecule has 0 N–H and O–H groups in total. The van der Waals surface area contributed by atoms with Crippen LogP contribution in [0.25, 0.3) is 33.0 Å². The molecule has 0 amide bonds. The van der Waals surface area contributed by atoms with Gasteiger partial charge in [0, 0.05) is 15.4 Å². The van der Waals surface area contributed by atoms with Gasteiger partial charge in [-0.05, 0) is 42.5 Å². The van der Waals surface area contributed by atoms with Gasteiger partial charge in [0.2, 0.25) is 11.1 Å². The van der Waals surface area contributed by atoms with E-state index in [1.807, 2.05) is 0 Å². The van der Waals surface area contributed by atoms with Gasteiger partial charge in [-0.25, -0.2) is 4.98 Å². The molecule has 0 saturated carbocycles. The second-order valence-corrected chi connectivity index (χ2v) is 5.62.